The fourth-order valence-electron chi connectivity index (χ4n) is 2.23. The third-order valence-electron chi connectivity index (χ3n) is 3.31. The van der Waals surface area contributed by atoms with E-state index in [-0.39, 0.29) is 5.76 Å². The van der Waals surface area contributed by atoms with Gasteiger partial charge in [-0.2, -0.15) is 21.6 Å². The molecular formula is C14H16F3NO3S. The zero-order chi connectivity index (χ0) is 16.4. The van der Waals surface area contributed by atoms with Gasteiger partial charge < -0.3 is 4.18 Å². The summed E-state index contributed by atoms with van der Waals surface area (Å²) in [5.74, 6) is -0.587. The number of alkyl halides is 3. The molecule has 0 bridgehead atoms. The first-order valence-electron chi connectivity index (χ1n) is 6.66. The Hall–Kier alpha value is -1.54. The zero-order valence-corrected chi connectivity index (χ0v) is 12.7. The van der Waals surface area contributed by atoms with E-state index in [4.69, 9.17) is 0 Å². The van der Waals surface area contributed by atoms with Gasteiger partial charge in [0.2, 0.25) is 0 Å². The van der Waals surface area contributed by atoms with Crippen LogP contribution >= 0.6 is 0 Å². The molecule has 0 aliphatic carbocycles. The van der Waals surface area contributed by atoms with E-state index in [1.54, 1.807) is 6.92 Å². The van der Waals surface area contributed by atoms with E-state index in [1.807, 2.05) is 35.2 Å². The largest absolute Gasteiger partial charge is 0.534 e. The normalized spacial score (nSPS) is 20.5. The van der Waals surface area contributed by atoms with Crippen LogP contribution < -0.4 is 0 Å². The van der Waals surface area contributed by atoms with E-state index in [2.05, 4.69) is 4.18 Å². The van der Waals surface area contributed by atoms with Crippen molar-refractivity contribution in [3.63, 3.8) is 0 Å². The molecule has 1 aliphatic heterocycles. The van der Waals surface area contributed by atoms with E-state index < -0.39 is 21.5 Å². The Morgan fingerprint density at radius 3 is 2.45 bits per heavy atom. The minimum Gasteiger partial charge on any atom is -0.381 e. The Balaban J connectivity index is 2.03. The second-order valence-corrected chi connectivity index (χ2v) is 6.71. The summed E-state index contributed by atoms with van der Waals surface area (Å²) in [5.41, 5.74) is -4.33. The maximum Gasteiger partial charge on any atom is 0.534 e. The predicted octanol–water partition coefficient (Wildman–Crippen LogP) is 2.89. The summed E-state index contributed by atoms with van der Waals surface area (Å²) in [7, 11) is -5.59. The number of rotatable bonds is 4. The summed E-state index contributed by atoms with van der Waals surface area (Å²) in [5, 5.41) is 0. The Labute approximate surface area is 127 Å². The average Bonchev–Trinajstić information content (AvgIpc) is 2.42. The molecule has 0 aromatic heterocycles. The maximum atomic E-state index is 12.3. The van der Waals surface area contributed by atoms with Crippen molar-refractivity contribution in [2.75, 3.05) is 13.1 Å². The van der Waals surface area contributed by atoms with Crippen molar-refractivity contribution in [3.8, 4) is 0 Å². The Morgan fingerprint density at radius 1 is 1.27 bits per heavy atom. The number of hydrogen-bond acceptors (Lipinski definition) is 4. The van der Waals surface area contributed by atoms with Gasteiger partial charge in [-0.1, -0.05) is 37.3 Å². The molecule has 0 unspecified atom stereocenters. The first-order valence-corrected chi connectivity index (χ1v) is 8.07. The third kappa shape index (κ3) is 4.01. The molecule has 1 aromatic rings. The van der Waals surface area contributed by atoms with Crippen molar-refractivity contribution in [2.45, 2.75) is 19.0 Å². The Morgan fingerprint density at radius 2 is 1.91 bits per heavy atom. The van der Waals surface area contributed by atoms with E-state index in [0.717, 1.165) is 5.56 Å². The van der Waals surface area contributed by atoms with Gasteiger partial charge in [0, 0.05) is 25.6 Å². The molecular weight excluding hydrogens is 319 g/mol. The topological polar surface area (TPSA) is 46.6 Å². The molecule has 122 valence electrons. The highest BCUT2D eigenvalue weighted by molar-refractivity contribution is 7.87. The van der Waals surface area contributed by atoms with E-state index in [1.165, 1.54) is 6.08 Å². The zero-order valence-electron chi connectivity index (χ0n) is 11.9. The molecule has 0 saturated carbocycles. The molecule has 0 spiro atoms. The molecule has 0 fully saturated rings. The van der Waals surface area contributed by atoms with Crippen LogP contribution in [0, 0.1) is 5.92 Å². The fourth-order valence-corrected chi connectivity index (χ4v) is 2.81. The highest BCUT2D eigenvalue weighted by Gasteiger charge is 2.49. The van der Waals surface area contributed by atoms with E-state index in [9.17, 15) is 21.6 Å². The van der Waals surface area contributed by atoms with Crippen LogP contribution in [0.25, 0.3) is 0 Å². The molecule has 0 N–H and O–H groups in total. The van der Waals surface area contributed by atoms with E-state index >= 15 is 0 Å². The minimum atomic E-state index is -5.59. The van der Waals surface area contributed by atoms with Gasteiger partial charge in [-0.15, -0.1) is 0 Å². The SMILES string of the molecule is C[C@@H]1CN(Cc2ccccc2)CC=C1OS(=O)(=O)C(F)(F)F. The summed E-state index contributed by atoms with van der Waals surface area (Å²) in [6, 6.07) is 9.62. The number of nitrogens with zero attached hydrogens (tertiary/aromatic N) is 1. The van der Waals surface area contributed by atoms with Gasteiger partial charge in [-0.05, 0) is 11.6 Å². The number of halogens is 3. The molecule has 8 heteroatoms. The lowest BCUT2D eigenvalue weighted by Crippen LogP contribution is -2.35. The van der Waals surface area contributed by atoms with Crippen LogP contribution in [-0.4, -0.2) is 31.9 Å². The van der Waals surface area contributed by atoms with Crippen LogP contribution in [0.1, 0.15) is 12.5 Å². The van der Waals surface area contributed by atoms with Gasteiger partial charge in [0.05, 0.1) is 0 Å². The third-order valence-corrected chi connectivity index (χ3v) is 4.29. The first kappa shape index (κ1) is 16.8. The van der Waals surface area contributed by atoms with Crippen molar-refractivity contribution in [2.24, 2.45) is 5.92 Å². The van der Waals surface area contributed by atoms with Crippen LogP contribution in [0.4, 0.5) is 13.2 Å². The van der Waals surface area contributed by atoms with Gasteiger partial charge in [-0.3, -0.25) is 4.90 Å². The summed E-state index contributed by atoms with van der Waals surface area (Å²) in [6.45, 7) is 3.03. The molecule has 1 aliphatic rings. The highest BCUT2D eigenvalue weighted by Crippen LogP contribution is 2.30. The molecule has 2 rings (SSSR count). The molecule has 1 heterocycles. The van der Waals surface area contributed by atoms with E-state index in [0.29, 0.717) is 19.6 Å². The van der Waals surface area contributed by atoms with Gasteiger partial charge in [0.25, 0.3) is 0 Å². The number of benzene rings is 1. The average molecular weight is 335 g/mol. The lowest BCUT2D eigenvalue weighted by Gasteiger charge is -2.30. The summed E-state index contributed by atoms with van der Waals surface area (Å²) in [4.78, 5) is 2.01. The highest BCUT2D eigenvalue weighted by atomic mass is 32.2. The molecule has 1 aromatic carbocycles. The monoisotopic (exact) mass is 335 g/mol. The Kier molecular flexibility index (Phi) is 4.81. The summed E-state index contributed by atoms with van der Waals surface area (Å²) >= 11 is 0. The van der Waals surface area contributed by atoms with Crippen LogP contribution in [0.2, 0.25) is 0 Å². The van der Waals surface area contributed by atoms with Crippen LogP contribution in [0.15, 0.2) is 42.2 Å². The molecule has 0 radical (unpaired) electrons. The van der Waals surface area contributed by atoms with Crippen molar-refractivity contribution in [1.82, 2.24) is 4.90 Å². The predicted molar refractivity (Wildman–Crippen MR) is 75.0 cm³/mol. The molecule has 0 amide bonds. The van der Waals surface area contributed by atoms with Crippen LogP contribution in [0.3, 0.4) is 0 Å². The van der Waals surface area contributed by atoms with Gasteiger partial charge >= 0.3 is 15.6 Å². The summed E-state index contributed by atoms with van der Waals surface area (Å²) in [6.07, 6.45) is 1.39. The maximum absolute atomic E-state index is 12.3. The minimum absolute atomic E-state index is 0.151. The van der Waals surface area contributed by atoms with Gasteiger partial charge in [0.15, 0.2) is 0 Å². The standard InChI is InChI=1S/C14H16F3NO3S/c1-11-9-18(10-12-5-3-2-4-6-12)8-7-13(11)21-22(19,20)14(15,16)17/h2-7,11H,8-10H2,1H3/t11-/m1/s1. The first-order chi connectivity index (χ1) is 10.2. The lowest BCUT2D eigenvalue weighted by atomic mass is 10.0. The van der Waals surface area contributed by atoms with Crippen molar-refractivity contribution < 1.29 is 25.8 Å². The molecule has 4 nitrogen and oxygen atoms in total. The second kappa shape index (κ2) is 6.29. The van der Waals surface area contributed by atoms with Gasteiger partial charge in [-0.25, -0.2) is 0 Å². The van der Waals surface area contributed by atoms with Crippen molar-refractivity contribution >= 4 is 10.1 Å². The molecule has 22 heavy (non-hydrogen) atoms. The fraction of sp³-hybridized carbons (Fsp3) is 0.429. The molecule has 1 atom stereocenters. The number of hydrogen-bond donors (Lipinski definition) is 0. The lowest BCUT2D eigenvalue weighted by molar-refractivity contribution is -0.0529. The Bertz CT molecular complexity index is 641. The van der Waals surface area contributed by atoms with Crippen molar-refractivity contribution in [1.29, 1.82) is 0 Å². The second-order valence-electron chi connectivity index (χ2n) is 5.17. The van der Waals surface area contributed by atoms with Crippen LogP contribution in [0.5, 0.6) is 0 Å². The summed E-state index contributed by atoms with van der Waals surface area (Å²) < 4.78 is 63.3. The quantitative estimate of drug-likeness (QED) is 0.627. The van der Waals surface area contributed by atoms with Gasteiger partial charge in [0.1, 0.15) is 5.76 Å². The molecule has 0 saturated heterocycles. The van der Waals surface area contributed by atoms with Crippen molar-refractivity contribution in [3.05, 3.63) is 47.7 Å². The van der Waals surface area contributed by atoms with Crippen LogP contribution in [-0.2, 0) is 20.8 Å². The smallest absolute Gasteiger partial charge is 0.381 e.